The second-order valence-electron chi connectivity index (χ2n) is 11.2. The van der Waals surface area contributed by atoms with E-state index in [1.807, 2.05) is 27.0 Å². The summed E-state index contributed by atoms with van der Waals surface area (Å²) in [5.41, 5.74) is 0.338. The van der Waals surface area contributed by atoms with Crippen molar-refractivity contribution in [2.45, 2.75) is 83.0 Å². The van der Waals surface area contributed by atoms with Crippen molar-refractivity contribution < 1.29 is 28.2 Å². The number of β-amino-alcohol motifs (C(OH)–C–C–N with tert-alkyl or cyclic N) is 1. The number of aromatic nitrogens is 3. The number of morpholine rings is 1. The van der Waals surface area contributed by atoms with Gasteiger partial charge in [0.25, 0.3) is 6.43 Å². The fourth-order valence-electron chi connectivity index (χ4n) is 5.16. The highest BCUT2D eigenvalue weighted by molar-refractivity contribution is 5.90. The lowest BCUT2D eigenvalue weighted by Crippen LogP contribution is -2.51. The molecule has 4 rings (SSSR count). The highest BCUT2D eigenvalue weighted by Gasteiger charge is 2.45. The number of carbonyl (C=O) groups excluding carboxylic acids is 2. The van der Waals surface area contributed by atoms with E-state index in [4.69, 9.17) is 4.74 Å². The Hall–Kier alpha value is -2.18. The van der Waals surface area contributed by atoms with Crippen molar-refractivity contribution in [1.29, 1.82) is 0 Å². The SMILES string of the molecule is CC(C)(C)[C@@H](C(=O)N1CC(O)CC1C(=O)NCCC(C(F)F)N1CCOCC1)n1cc(C2CC2)nn1. The van der Waals surface area contributed by atoms with Crippen molar-refractivity contribution in [3.63, 3.8) is 0 Å². The molecule has 0 radical (unpaired) electrons. The van der Waals surface area contributed by atoms with E-state index in [-0.39, 0.29) is 31.8 Å². The number of nitrogens with one attached hydrogen (secondary N) is 1. The Morgan fingerprint density at radius 3 is 2.56 bits per heavy atom. The summed E-state index contributed by atoms with van der Waals surface area (Å²) in [5.74, 6) is -0.374. The molecule has 1 saturated carbocycles. The summed E-state index contributed by atoms with van der Waals surface area (Å²) in [6, 6.07) is -2.56. The molecule has 36 heavy (non-hydrogen) atoms. The maximum Gasteiger partial charge on any atom is 0.253 e. The lowest BCUT2D eigenvalue weighted by molar-refractivity contribution is -0.144. The normalized spacial score (nSPS) is 25.2. The van der Waals surface area contributed by atoms with Crippen LogP contribution in [0.15, 0.2) is 6.20 Å². The molecule has 1 aromatic heterocycles. The van der Waals surface area contributed by atoms with Gasteiger partial charge in [-0.2, -0.15) is 0 Å². The summed E-state index contributed by atoms with van der Waals surface area (Å²) in [7, 11) is 0. The Morgan fingerprint density at radius 2 is 1.94 bits per heavy atom. The van der Waals surface area contributed by atoms with Gasteiger partial charge in [-0.05, 0) is 24.7 Å². The average molecular weight is 513 g/mol. The van der Waals surface area contributed by atoms with E-state index in [0.717, 1.165) is 18.5 Å². The molecule has 2 aliphatic heterocycles. The molecular weight excluding hydrogens is 474 g/mol. The molecule has 12 heteroatoms. The lowest BCUT2D eigenvalue weighted by atomic mass is 9.85. The first-order valence-corrected chi connectivity index (χ1v) is 12.8. The largest absolute Gasteiger partial charge is 0.391 e. The van der Waals surface area contributed by atoms with Crippen LogP contribution in [0.3, 0.4) is 0 Å². The van der Waals surface area contributed by atoms with Gasteiger partial charge >= 0.3 is 0 Å². The first-order valence-electron chi connectivity index (χ1n) is 12.8. The predicted octanol–water partition coefficient (Wildman–Crippen LogP) is 1.18. The standard InChI is InChI=1S/C24H38F2N6O4/c1-24(2,3)20(32-14-17(28-29-32)15-4-5-15)23(35)31-13-16(33)12-19(31)22(34)27-7-6-18(21(25)26)30-8-10-36-11-9-30/h14-16,18-21,33H,4-13H2,1-3H3,(H,27,34)/t16?,18?,19?,20-/m1/s1. The molecule has 3 fully saturated rings. The topological polar surface area (TPSA) is 113 Å². The van der Waals surface area contributed by atoms with Crippen molar-refractivity contribution in [2.75, 3.05) is 39.4 Å². The van der Waals surface area contributed by atoms with Crippen LogP contribution in [-0.2, 0) is 14.3 Å². The summed E-state index contributed by atoms with van der Waals surface area (Å²) in [5, 5.41) is 21.5. The number of hydrogen-bond donors (Lipinski definition) is 2. The number of ether oxygens (including phenoxy) is 1. The van der Waals surface area contributed by atoms with Crippen LogP contribution in [-0.4, -0.2) is 106 Å². The quantitative estimate of drug-likeness (QED) is 0.511. The molecule has 0 aromatic carbocycles. The number of nitrogens with zero attached hydrogens (tertiary/aromatic N) is 5. The van der Waals surface area contributed by atoms with Gasteiger partial charge < -0.3 is 20.1 Å². The van der Waals surface area contributed by atoms with Crippen LogP contribution in [0.1, 0.15) is 64.1 Å². The fourth-order valence-corrected chi connectivity index (χ4v) is 5.16. The third-order valence-electron chi connectivity index (χ3n) is 7.25. The molecule has 1 aliphatic carbocycles. The minimum absolute atomic E-state index is 0.0289. The summed E-state index contributed by atoms with van der Waals surface area (Å²) >= 11 is 0. The molecule has 0 spiro atoms. The minimum Gasteiger partial charge on any atom is -0.391 e. The van der Waals surface area contributed by atoms with Crippen LogP contribution in [0.2, 0.25) is 0 Å². The van der Waals surface area contributed by atoms with Crippen molar-refractivity contribution in [2.24, 2.45) is 5.41 Å². The zero-order chi connectivity index (χ0) is 26.0. The summed E-state index contributed by atoms with van der Waals surface area (Å²) in [4.78, 5) is 29.9. The van der Waals surface area contributed by atoms with Crippen LogP contribution in [0.4, 0.5) is 8.78 Å². The van der Waals surface area contributed by atoms with Crippen LogP contribution >= 0.6 is 0 Å². The summed E-state index contributed by atoms with van der Waals surface area (Å²) < 4.78 is 34.1. The first kappa shape index (κ1) is 26.9. The molecule has 2 N–H and O–H groups in total. The summed E-state index contributed by atoms with van der Waals surface area (Å²) in [6.45, 7) is 7.53. The second-order valence-corrected chi connectivity index (χ2v) is 11.2. The number of aliphatic hydroxyl groups is 1. The second kappa shape index (κ2) is 11.1. The maximum absolute atomic E-state index is 13.8. The van der Waals surface area contributed by atoms with Gasteiger partial charge in [-0.25, -0.2) is 13.5 Å². The number of halogens is 2. The molecule has 3 unspecified atom stereocenters. The van der Waals surface area contributed by atoms with Crippen LogP contribution in [0, 0.1) is 5.41 Å². The number of amides is 2. The number of carbonyl (C=O) groups is 2. The van der Waals surface area contributed by atoms with Crippen molar-refractivity contribution in [3.8, 4) is 0 Å². The van der Waals surface area contributed by atoms with Gasteiger partial charge in [0, 0.05) is 44.7 Å². The van der Waals surface area contributed by atoms with Gasteiger partial charge in [0.05, 0.1) is 31.1 Å². The van der Waals surface area contributed by atoms with E-state index in [1.54, 1.807) is 9.58 Å². The Labute approximate surface area is 210 Å². The van der Waals surface area contributed by atoms with E-state index in [0.29, 0.717) is 32.2 Å². The summed E-state index contributed by atoms with van der Waals surface area (Å²) in [6.07, 6.45) is 0.730. The van der Waals surface area contributed by atoms with Crippen molar-refractivity contribution in [1.82, 2.24) is 30.1 Å². The number of aliphatic hydroxyl groups excluding tert-OH is 1. The van der Waals surface area contributed by atoms with E-state index in [2.05, 4.69) is 15.6 Å². The van der Waals surface area contributed by atoms with E-state index >= 15 is 0 Å². The Morgan fingerprint density at radius 1 is 1.25 bits per heavy atom. The number of alkyl halides is 2. The van der Waals surface area contributed by atoms with Gasteiger partial charge in [-0.3, -0.25) is 14.5 Å². The Bertz CT molecular complexity index is 913. The molecule has 2 amide bonds. The zero-order valence-corrected chi connectivity index (χ0v) is 21.3. The molecule has 4 atom stereocenters. The third kappa shape index (κ3) is 6.20. The zero-order valence-electron chi connectivity index (χ0n) is 21.3. The van der Waals surface area contributed by atoms with Crippen LogP contribution in [0.25, 0.3) is 0 Å². The fraction of sp³-hybridized carbons (Fsp3) is 0.833. The molecule has 0 bridgehead atoms. The van der Waals surface area contributed by atoms with E-state index in [1.165, 1.54) is 4.90 Å². The molecule has 10 nitrogen and oxygen atoms in total. The molecule has 1 aromatic rings. The van der Waals surface area contributed by atoms with Gasteiger partial charge in [0.1, 0.15) is 12.1 Å². The van der Waals surface area contributed by atoms with Gasteiger partial charge in [0.2, 0.25) is 11.8 Å². The Kier molecular flexibility index (Phi) is 8.25. The molecule has 3 heterocycles. The third-order valence-corrected chi connectivity index (χ3v) is 7.25. The van der Waals surface area contributed by atoms with E-state index < -0.39 is 42.0 Å². The smallest absolute Gasteiger partial charge is 0.253 e. The lowest BCUT2D eigenvalue weighted by Gasteiger charge is -2.35. The predicted molar refractivity (Wildman–Crippen MR) is 126 cm³/mol. The number of likely N-dealkylation sites (tertiary alicyclic amines) is 1. The minimum atomic E-state index is -2.54. The highest BCUT2D eigenvalue weighted by Crippen LogP contribution is 2.40. The molecular formula is C24H38F2N6O4. The maximum atomic E-state index is 13.8. The van der Waals surface area contributed by atoms with Gasteiger partial charge in [-0.1, -0.05) is 26.0 Å². The van der Waals surface area contributed by atoms with E-state index in [9.17, 15) is 23.5 Å². The van der Waals surface area contributed by atoms with Crippen molar-refractivity contribution in [3.05, 3.63) is 11.9 Å². The molecule has 2 saturated heterocycles. The number of hydrogen-bond acceptors (Lipinski definition) is 7. The Balaban J connectivity index is 1.41. The van der Waals surface area contributed by atoms with Crippen LogP contribution in [0.5, 0.6) is 0 Å². The monoisotopic (exact) mass is 512 g/mol. The van der Waals surface area contributed by atoms with Crippen LogP contribution < -0.4 is 5.32 Å². The molecule has 3 aliphatic rings. The van der Waals surface area contributed by atoms with Gasteiger partial charge in [0.15, 0.2) is 0 Å². The average Bonchev–Trinajstić information content (AvgIpc) is 3.43. The first-order chi connectivity index (χ1) is 17.1. The highest BCUT2D eigenvalue weighted by atomic mass is 19.3. The van der Waals surface area contributed by atoms with Crippen molar-refractivity contribution >= 4 is 11.8 Å². The number of rotatable bonds is 9. The van der Waals surface area contributed by atoms with Gasteiger partial charge in [-0.15, -0.1) is 5.10 Å². The molecule has 202 valence electrons.